The minimum atomic E-state index is 0.106. The van der Waals surface area contributed by atoms with Crippen LogP contribution in [0.15, 0.2) is 0 Å². The molecule has 0 bridgehead atoms. The number of hydrogen-bond donors (Lipinski definition) is 0. The molecule has 1 rings (SSSR count). The first-order valence-electron chi connectivity index (χ1n) is 3.59. The van der Waals surface area contributed by atoms with Gasteiger partial charge in [0.1, 0.15) is 0 Å². The van der Waals surface area contributed by atoms with Crippen molar-refractivity contribution in [2.75, 3.05) is 0 Å². The van der Waals surface area contributed by atoms with Crippen molar-refractivity contribution in [1.29, 1.82) is 0 Å². The Morgan fingerprint density at radius 3 is 1.90 bits per heavy atom. The van der Waals surface area contributed by atoms with Gasteiger partial charge in [0, 0.05) is 0 Å². The molecule has 0 spiro atoms. The quantitative estimate of drug-likeness (QED) is 0.417. The molecule has 0 N–H and O–H groups in total. The predicted octanol–water partition coefficient (Wildman–Crippen LogP) is 2.82. The highest BCUT2D eigenvalue weighted by Crippen LogP contribution is 2.66. The van der Waals surface area contributed by atoms with Gasteiger partial charge in [0.15, 0.2) is 0 Å². The van der Waals surface area contributed by atoms with Crippen molar-refractivity contribution in [3.05, 3.63) is 0 Å². The lowest BCUT2D eigenvalue weighted by Crippen LogP contribution is -2.02. The molecule has 2 atom stereocenters. The molecule has 0 amide bonds. The lowest BCUT2D eigenvalue weighted by Gasteiger charge is -2.02. The van der Waals surface area contributed by atoms with Crippen LogP contribution in [0.5, 0.6) is 0 Å². The van der Waals surface area contributed by atoms with E-state index in [0.29, 0.717) is 11.3 Å². The number of halogens is 1. The highest BCUT2D eigenvalue weighted by atomic mass is 79.9. The maximum absolute atomic E-state index is 3.66. The predicted molar refractivity (Wildman–Crippen MR) is 48.1 cm³/mol. The topological polar surface area (TPSA) is 0 Å². The van der Waals surface area contributed by atoms with Gasteiger partial charge in [0.25, 0.3) is 0 Å². The maximum atomic E-state index is 3.66. The van der Waals surface area contributed by atoms with Crippen LogP contribution in [0.3, 0.4) is 0 Å². The van der Waals surface area contributed by atoms with E-state index in [9.17, 15) is 0 Å². The van der Waals surface area contributed by atoms with E-state index in [4.69, 9.17) is 0 Å². The molecular weight excluding hydrogens is 188 g/mol. The monoisotopic (exact) mass is 200 g/mol. The number of rotatable bonds is 0. The van der Waals surface area contributed by atoms with Gasteiger partial charge in [-0.05, 0) is 18.3 Å². The Kier molecular flexibility index (Phi) is 1.64. The molecule has 0 radical (unpaired) electrons. The molecule has 0 saturated heterocycles. The van der Waals surface area contributed by atoms with Crippen LogP contribution in [0, 0.1) is 23.2 Å². The van der Waals surface area contributed by atoms with E-state index in [0.717, 1.165) is 0 Å². The molecule has 0 nitrogen and oxygen atoms in total. The smallest absolute Gasteiger partial charge is 0.0947 e. The summed E-state index contributed by atoms with van der Waals surface area (Å²) in [5, 5.41) is 0. The highest BCUT2D eigenvalue weighted by Gasteiger charge is 2.66. The van der Waals surface area contributed by atoms with Crippen molar-refractivity contribution in [2.24, 2.45) is 11.3 Å². The summed E-state index contributed by atoms with van der Waals surface area (Å²) in [6, 6.07) is 0. The van der Waals surface area contributed by atoms with Gasteiger partial charge in [-0.25, -0.2) is 0 Å². The zero-order chi connectivity index (χ0) is 7.99. The summed E-state index contributed by atoms with van der Waals surface area (Å²) in [5.41, 5.74) is 0.357. The molecule has 56 valence electrons. The van der Waals surface area contributed by atoms with Crippen LogP contribution in [0.1, 0.15) is 27.7 Å². The summed E-state index contributed by atoms with van der Waals surface area (Å²) in [6.45, 7) is 8.62. The Bertz CT molecular complexity index is 207. The molecule has 0 aromatic heterocycles. The van der Waals surface area contributed by atoms with Crippen LogP contribution in [0.25, 0.3) is 0 Å². The van der Waals surface area contributed by atoms with Crippen molar-refractivity contribution in [1.82, 2.24) is 0 Å². The van der Waals surface area contributed by atoms with E-state index in [1.807, 2.05) is 6.92 Å². The summed E-state index contributed by atoms with van der Waals surface area (Å²) in [7, 11) is 0. The lowest BCUT2D eigenvalue weighted by atomic mass is 10.1. The summed E-state index contributed by atoms with van der Waals surface area (Å²) in [4.78, 5) is 0. The minimum absolute atomic E-state index is 0.106. The van der Waals surface area contributed by atoms with Gasteiger partial charge >= 0.3 is 0 Å². The van der Waals surface area contributed by atoms with Gasteiger partial charge in [-0.2, -0.15) is 0 Å². The molecule has 1 fully saturated rings. The lowest BCUT2D eigenvalue weighted by molar-refractivity contribution is 0.580. The van der Waals surface area contributed by atoms with Gasteiger partial charge in [0.2, 0.25) is 0 Å². The first-order valence-corrected chi connectivity index (χ1v) is 4.39. The molecule has 0 aliphatic heterocycles. The Morgan fingerprint density at radius 2 is 1.80 bits per heavy atom. The third-order valence-electron chi connectivity index (χ3n) is 2.84. The summed E-state index contributed by atoms with van der Waals surface area (Å²) < 4.78 is 0.106. The average Bonchev–Trinajstić information content (AvgIpc) is 2.17. The zero-order valence-corrected chi connectivity index (χ0v) is 8.54. The highest BCUT2D eigenvalue weighted by molar-refractivity contribution is 9.10. The first-order chi connectivity index (χ1) is 4.47. The normalized spacial score (nSPS) is 41.9. The fourth-order valence-electron chi connectivity index (χ4n) is 1.41. The third kappa shape index (κ3) is 0.751. The SMILES string of the molecule is CC#C[C@]1(Br)[C@H](C)C1(C)C. The van der Waals surface area contributed by atoms with Crippen molar-refractivity contribution in [3.8, 4) is 11.8 Å². The standard InChI is InChI=1S/C9H13Br/c1-5-6-9(10)7(2)8(9,3)4/h7H,1-4H3/t7-,9+/m1/s1. The molecule has 10 heavy (non-hydrogen) atoms. The van der Waals surface area contributed by atoms with Gasteiger partial charge in [-0.15, -0.1) is 5.92 Å². The van der Waals surface area contributed by atoms with Crippen LogP contribution in [0.2, 0.25) is 0 Å². The Hall–Kier alpha value is 0.0400. The van der Waals surface area contributed by atoms with Gasteiger partial charge in [-0.1, -0.05) is 42.6 Å². The van der Waals surface area contributed by atoms with Crippen molar-refractivity contribution in [2.45, 2.75) is 32.0 Å². The van der Waals surface area contributed by atoms with Gasteiger partial charge in [0.05, 0.1) is 4.32 Å². The second kappa shape index (κ2) is 2.01. The van der Waals surface area contributed by atoms with E-state index < -0.39 is 0 Å². The van der Waals surface area contributed by atoms with Gasteiger partial charge in [-0.3, -0.25) is 0 Å². The van der Waals surface area contributed by atoms with Crippen molar-refractivity contribution >= 4 is 15.9 Å². The van der Waals surface area contributed by atoms with Crippen LogP contribution in [0.4, 0.5) is 0 Å². The van der Waals surface area contributed by atoms with E-state index >= 15 is 0 Å². The molecule has 1 heteroatoms. The molecule has 1 aliphatic carbocycles. The van der Waals surface area contributed by atoms with Crippen LogP contribution >= 0.6 is 15.9 Å². The van der Waals surface area contributed by atoms with Crippen molar-refractivity contribution in [3.63, 3.8) is 0 Å². The summed E-state index contributed by atoms with van der Waals surface area (Å²) in [6.07, 6.45) is 0. The molecule has 1 saturated carbocycles. The maximum Gasteiger partial charge on any atom is 0.0947 e. The van der Waals surface area contributed by atoms with Crippen LogP contribution < -0.4 is 0 Å². The fourth-order valence-corrected chi connectivity index (χ4v) is 2.41. The van der Waals surface area contributed by atoms with Crippen molar-refractivity contribution < 1.29 is 0 Å². The van der Waals surface area contributed by atoms with Crippen LogP contribution in [-0.2, 0) is 0 Å². The van der Waals surface area contributed by atoms with E-state index in [-0.39, 0.29) is 4.32 Å². The Balaban J connectivity index is 2.84. The van der Waals surface area contributed by atoms with E-state index in [1.54, 1.807) is 0 Å². The summed E-state index contributed by atoms with van der Waals surface area (Å²) >= 11 is 3.66. The zero-order valence-electron chi connectivity index (χ0n) is 6.96. The third-order valence-corrected chi connectivity index (χ3v) is 4.75. The molecule has 0 unspecified atom stereocenters. The first kappa shape index (κ1) is 8.14. The molecular formula is C9H13Br. The van der Waals surface area contributed by atoms with Gasteiger partial charge < -0.3 is 0 Å². The largest absolute Gasteiger partial charge is 0.105 e. The second-order valence-corrected chi connectivity index (χ2v) is 4.78. The average molecular weight is 201 g/mol. The molecule has 0 heterocycles. The second-order valence-electron chi connectivity index (χ2n) is 3.53. The van der Waals surface area contributed by atoms with E-state index in [2.05, 4.69) is 48.5 Å². The molecule has 0 aromatic rings. The Morgan fingerprint density at radius 1 is 1.40 bits per heavy atom. The van der Waals surface area contributed by atoms with E-state index in [1.165, 1.54) is 0 Å². The summed E-state index contributed by atoms with van der Waals surface area (Å²) in [5.74, 6) is 6.84. The van der Waals surface area contributed by atoms with Crippen LogP contribution in [-0.4, -0.2) is 4.32 Å². The molecule has 1 aliphatic rings. The molecule has 0 aromatic carbocycles. The number of hydrogen-bond acceptors (Lipinski definition) is 0. The Labute approximate surface area is 71.5 Å². The minimum Gasteiger partial charge on any atom is -0.105 e. The number of alkyl halides is 1. The fraction of sp³-hybridized carbons (Fsp3) is 0.778.